The van der Waals surface area contributed by atoms with Crippen molar-refractivity contribution >= 4 is 40.1 Å². The number of aromatic nitrogens is 6. The lowest BCUT2D eigenvalue weighted by atomic mass is 10.1. The number of piperazine rings is 1. The molecule has 0 unspecified atom stereocenters. The van der Waals surface area contributed by atoms with Crippen LogP contribution in [0.4, 0.5) is 26.5 Å². The van der Waals surface area contributed by atoms with Crippen molar-refractivity contribution in [2.24, 2.45) is 0 Å². The lowest BCUT2D eigenvalue weighted by molar-refractivity contribution is 0.0158. The van der Waals surface area contributed by atoms with Gasteiger partial charge in [-0.1, -0.05) is 0 Å². The number of nitrogens with one attached hydrogen (secondary N) is 1. The Hall–Kier alpha value is -5.07. The summed E-state index contributed by atoms with van der Waals surface area (Å²) in [6, 6.07) is 10.4. The number of nitrogens with zero attached hydrogens (tertiary/aromatic N) is 8. The quantitative estimate of drug-likeness (QED) is 0.283. The summed E-state index contributed by atoms with van der Waals surface area (Å²) in [4.78, 5) is 34.2. The van der Waals surface area contributed by atoms with Crippen LogP contribution in [0.5, 0.6) is 11.5 Å². The van der Waals surface area contributed by atoms with E-state index in [1.165, 1.54) is 12.7 Å². The van der Waals surface area contributed by atoms with Crippen molar-refractivity contribution in [3.63, 3.8) is 0 Å². The average molecular weight is 586 g/mol. The summed E-state index contributed by atoms with van der Waals surface area (Å²) in [5.74, 6) is 1.50. The standard InChI is InChI=1S/C30H32FN9O3/c1-18-15-38(12-13-39(18)29(41)43-30(3,4)5)24-9-7-22-27(37-24)28(34-16-32-22)36-21-6-8-23(19(2)26(21)31)42-20-10-11-40-25(14-20)33-17-35-40/h6-11,14,16-18H,12-13,15H2,1-5H3,(H,32,34,36)/t18-/m1/s1. The first-order valence-corrected chi connectivity index (χ1v) is 14.0. The fourth-order valence-corrected chi connectivity index (χ4v) is 4.94. The molecule has 1 aromatic carbocycles. The van der Waals surface area contributed by atoms with Crippen LogP contribution in [0.15, 0.2) is 55.2 Å². The van der Waals surface area contributed by atoms with Gasteiger partial charge in [-0.05, 0) is 65.0 Å². The normalized spacial score (nSPS) is 15.6. The number of amides is 1. The lowest BCUT2D eigenvalue weighted by Crippen LogP contribution is -2.55. The zero-order chi connectivity index (χ0) is 30.3. The van der Waals surface area contributed by atoms with Gasteiger partial charge in [0.15, 0.2) is 17.3 Å². The van der Waals surface area contributed by atoms with Crippen LogP contribution in [0.1, 0.15) is 33.3 Å². The number of halogens is 1. The fourth-order valence-electron chi connectivity index (χ4n) is 4.94. The summed E-state index contributed by atoms with van der Waals surface area (Å²) in [6.07, 6.45) is 4.27. The van der Waals surface area contributed by atoms with Gasteiger partial charge in [-0.15, -0.1) is 0 Å². The molecule has 5 heterocycles. The summed E-state index contributed by atoms with van der Waals surface area (Å²) >= 11 is 0. The van der Waals surface area contributed by atoms with E-state index in [-0.39, 0.29) is 17.8 Å². The molecule has 1 atom stereocenters. The predicted octanol–water partition coefficient (Wildman–Crippen LogP) is 5.50. The second-order valence-electron chi connectivity index (χ2n) is 11.4. The van der Waals surface area contributed by atoms with Crippen molar-refractivity contribution in [2.75, 3.05) is 29.9 Å². The van der Waals surface area contributed by atoms with Crippen LogP contribution in [0.25, 0.3) is 16.7 Å². The minimum Gasteiger partial charge on any atom is -0.457 e. The van der Waals surface area contributed by atoms with Crippen molar-refractivity contribution in [2.45, 2.75) is 46.3 Å². The van der Waals surface area contributed by atoms with Crippen molar-refractivity contribution < 1.29 is 18.7 Å². The number of carbonyl (C=O) groups excluding carboxylic acids is 1. The van der Waals surface area contributed by atoms with Crippen LogP contribution in [0, 0.1) is 12.7 Å². The second-order valence-corrected chi connectivity index (χ2v) is 11.4. The third kappa shape index (κ3) is 5.83. The first-order valence-electron chi connectivity index (χ1n) is 14.0. The average Bonchev–Trinajstić information content (AvgIpc) is 3.44. The summed E-state index contributed by atoms with van der Waals surface area (Å²) in [5, 5.41) is 7.17. The number of pyridine rings is 2. The number of fused-ring (bicyclic) bond motifs is 2. The van der Waals surface area contributed by atoms with Crippen molar-refractivity contribution in [3.8, 4) is 11.5 Å². The molecule has 0 saturated carbocycles. The molecule has 12 nitrogen and oxygen atoms in total. The van der Waals surface area contributed by atoms with Gasteiger partial charge < -0.3 is 24.6 Å². The van der Waals surface area contributed by atoms with E-state index in [1.807, 2.05) is 39.8 Å². The van der Waals surface area contributed by atoms with Gasteiger partial charge in [-0.2, -0.15) is 5.10 Å². The molecule has 0 spiro atoms. The Kier molecular flexibility index (Phi) is 7.16. The highest BCUT2D eigenvalue weighted by Crippen LogP contribution is 2.33. The largest absolute Gasteiger partial charge is 0.457 e. The van der Waals surface area contributed by atoms with Crippen molar-refractivity contribution in [3.05, 3.63) is 66.6 Å². The molecule has 1 N–H and O–H groups in total. The molecule has 13 heteroatoms. The Labute approximate surface area is 247 Å². The lowest BCUT2D eigenvalue weighted by Gasteiger charge is -2.40. The van der Waals surface area contributed by atoms with Gasteiger partial charge in [0.1, 0.15) is 41.1 Å². The van der Waals surface area contributed by atoms with Crippen LogP contribution >= 0.6 is 0 Å². The van der Waals surface area contributed by atoms with E-state index in [1.54, 1.807) is 46.8 Å². The molecule has 1 aliphatic rings. The molecule has 0 radical (unpaired) electrons. The zero-order valence-corrected chi connectivity index (χ0v) is 24.6. The highest BCUT2D eigenvalue weighted by atomic mass is 19.1. The zero-order valence-electron chi connectivity index (χ0n) is 24.6. The van der Waals surface area contributed by atoms with E-state index in [9.17, 15) is 4.79 Å². The summed E-state index contributed by atoms with van der Waals surface area (Å²) in [5.41, 5.74) is 1.73. The number of hydrogen-bond donors (Lipinski definition) is 1. The molecule has 4 aromatic heterocycles. The Morgan fingerprint density at radius 3 is 2.70 bits per heavy atom. The topological polar surface area (TPSA) is 123 Å². The summed E-state index contributed by atoms with van der Waals surface area (Å²) in [6.45, 7) is 10.9. The molecule has 1 saturated heterocycles. The minimum atomic E-state index is -0.559. The Morgan fingerprint density at radius 2 is 1.91 bits per heavy atom. The third-order valence-corrected chi connectivity index (χ3v) is 7.12. The Bertz CT molecular complexity index is 1820. The van der Waals surface area contributed by atoms with Gasteiger partial charge >= 0.3 is 6.09 Å². The number of rotatable bonds is 5. The highest BCUT2D eigenvalue weighted by Gasteiger charge is 2.31. The summed E-state index contributed by atoms with van der Waals surface area (Å²) in [7, 11) is 0. The monoisotopic (exact) mass is 585 g/mol. The molecule has 43 heavy (non-hydrogen) atoms. The smallest absolute Gasteiger partial charge is 0.410 e. The number of hydrogen-bond acceptors (Lipinski definition) is 10. The molecule has 5 aromatic rings. The third-order valence-electron chi connectivity index (χ3n) is 7.12. The molecule has 0 aliphatic carbocycles. The SMILES string of the molecule is Cc1c(Oc2ccn3ncnc3c2)ccc(Nc2ncnc3ccc(N4CCN(C(=O)OC(C)(C)C)[C@H](C)C4)nc23)c1F. The van der Waals surface area contributed by atoms with E-state index in [0.29, 0.717) is 65.0 Å². The highest BCUT2D eigenvalue weighted by molar-refractivity contribution is 5.88. The molecular formula is C30H32FN9O3. The van der Waals surface area contributed by atoms with Crippen LogP contribution in [-0.2, 0) is 4.74 Å². The number of ether oxygens (including phenoxy) is 2. The molecular weight excluding hydrogens is 553 g/mol. The van der Waals surface area contributed by atoms with Crippen LogP contribution in [-0.4, -0.2) is 71.8 Å². The van der Waals surface area contributed by atoms with Gasteiger partial charge in [0.2, 0.25) is 0 Å². The fraction of sp³-hybridized carbons (Fsp3) is 0.333. The van der Waals surface area contributed by atoms with Crippen LogP contribution in [0.2, 0.25) is 0 Å². The van der Waals surface area contributed by atoms with Crippen LogP contribution < -0.4 is 15.0 Å². The van der Waals surface area contributed by atoms with E-state index >= 15 is 4.39 Å². The van der Waals surface area contributed by atoms with Gasteiger partial charge in [-0.3, -0.25) is 0 Å². The first kappa shape index (κ1) is 28.1. The van der Waals surface area contributed by atoms with Gasteiger partial charge in [0.05, 0.1) is 11.2 Å². The number of anilines is 3. The predicted molar refractivity (Wildman–Crippen MR) is 159 cm³/mol. The summed E-state index contributed by atoms with van der Waals surface area (Å²) < 4.78 is 28.7. The molecule has 6 rings (SSSR count). The maximum atomic E-state index is 15.6. The van der Waals surface area contributed by atoms with E-state index in [4.69, 9.17) is 14.5 Å². The first-order chi connectivity index (χ1) is 20.6. The van der Waals surface area contributed by atoms with Gasteiger partial charge in [0.25, 0.3) is 0 Å². The van der Waals surface area contributed by atoms with E-state index < -0.39 is 11.4 Å². The van der Waals surface area contributed by atoms with Crippen molar-refractivity contribution in [1.82, 2.24) is 34.4 Å². The number of benzene rings is 1. The van der Waals surface area contributed by atoms with E-state index in [2.05, 4.69) is 30.3 Å². The van der Waals surface area contributed by atoms with Crippen molar-refractivity contribution in [1.29, 1.82) is 0 Å². The second kappa shape index (κ2) is 11.0. The Balaban J connectivity index is 1.21. The molecule has 222 valence electrons. The minimum absolute atomic E-state index is 0.0817. The van der Waals surface area contributed by atoms with Gasteiger partial charge in [0, 0.05) is 43.5 Å². The maximum Gasteiger partial charge on any atom is 0.410 e. The number of carbonyl (C=O) groups is 1. The molecule has 0 bridgehead atoms. The van der Waals surface area contributed by atoms with Gasteiger partial charge in [-0.25, -0.2) is 33.6 Å². The van der Waals surface area contributed by atoms with E-state index in [0.717, 1.165) is 0 Å². The van der Waals surface area contributed by atoms with Crippen LogP contribution in [0.3, 0.4) is 0 Å². The molecule has 1 aliphatic heterocycles. The molecule has 1 amide bonds. The maximum absolute atomic E-state index is 15.6. The Morgan fingerprint density at radius 1 is 1.07 bits per heavy atom. The molecule has 1 fully saturated rings.